The van der Waals surface area contributed by atoms with Crippen molar-refractivity contribution in [1.29, 1.82) is 0 Å². The molecule has 1 atom stereocenters. The highest BCUT2D eigenvalue weighted by atomic mass is 16.5. The molecule has 0 saturated heterocycles. The summed E-state index contributed by atoms with van der Waals surface area (Å²) in [6, 6.07) is 5.68. The molecule has 0 saturated carbocycles. The van der Waals surface area contributed by atoms with Crippen molar-refractivity contribution in [3.05, 3.63) is 18.2 Å². The highest BCUT2D eigenvalue weighted by Crippen LogP contribution is 2.32. The summed E-state index contributed by atoms with van der Waals surface area (Å²) in [5.41, 5.74) is 6.93. The van der Waals surface area contributed by atoms with Gasteiger partial charge in [-0.25, -0.2) is 0 Å². The summed E-state index contributed by atoms with van der Waals surface area (Å²) < 4.78 is 10.5. The molecule has 2 N–H and O–H groups in total. The van der Waals surface area contributed by atoms with Gasteiger partial charge in [-0.3, -0.25) is 0 Å². The Morgan fingerprint density at radius 1 is 1.31 bits per heavy atom. The smallest absolute Gasteiger partial charge is 0.142 e. The third-order valence-corrected chi connectivity index (χ3v) is 2.68. The highest BCUT2D eigenvalue weighted by Gasteiger charge is 2.14. The van der Waals surface area contributed by atoms with Gasteiger partial charge in [0, 0.05) is 13.1 Å². The van der Waals surface area contributed by atoms with Gasteiger partial charge in [-0.2, -0.15) is 0 Å². The van der Waals surface area contributed by atoms with E-state index in [1.807, 2.05) is 37.1 Å². The van der Waals surface area contributed by atoms with Crippen LogP contribution in [0.1, 0.15) is 13.3 Å². The molecular weight excluding hydrogens is 204 g/mol. The van der Waals surface area contributed by atoms with E-state index in [9.17, 15) is 0 Å². The standard InChI is InChI=1S/C12H20N2O2/c1-5-12(13)14(2)10-8-9(15-3)6-7-11(10)16-4/h6-8,12H,5,13H2,1-4H3. The Bertz CT molecular complexity index is 342. The molecule has 0 amide bonds. The maximum atomic E-state index is 5.99. The maximum absolute atomic E-state index is 5.99. The van der Waals surface area contributed by atoms with Crippen LogP contribution in [0.5, 0.6) is 11.5 Å². The molecule has 90 valence electrons. The normalized spacial score (nSPS) is 12.1. The first kappa shape index (κ1) is 12.6. The largest absolute Gasteiger partial charge is 0.497 e. The van der Waals surface area contributed by atoms with Gasteiger partial charge in [0.15, 0.2) is 0 Å². The van der Waals surface area contributed by atoms with Crippen LogP contribution < -0.4 is 20.1 Å². The Kier molecular flexibility index (Phi) is 4.43. The Morgan fingerprint density at radius 2 is 2.00 bits per heavy atom. The van der Waals surface area contributed by atoms with Gasteiger partial charge in [0.05, 0.1) is 26.1 Å². The Hall–Kier alpha value is -1.42. The number of anilines is 1. The number of benzene rings is 1. The fourth-order valence-electron chi connectivity index (χ4n) is 1.52. The van der Waals surface area contributed by atoms with Crippen LogP contribution in [-0.2, 0) is 0 Å². The minimum Gasteiger partial charge on any atom is -0.497 e. The second-order valence-electron chi connectivity index (χ2n) is 3.62. The zero-order valence-corrected chi connectivity index (χ0v) is 10.4. The van der Waals surface area contributed by atoms with Gasteiger partial charge in [0.25, 0.3) is 0 Å². The van der Waals surface area contributed by atoms with Crippen LogP contribution in [0.3, 0.4) is 0 Å². The third kappa shape index (κ3) is 2.58. The fourth-order valence-corrected chi connectivity index (χ4v) is 1.52. The minimum absolute atomic E-state index is 0.0268. The summed E-state index contributed by atoms with van der Waals surface area (Å²) in [7, 11) is 5.24. The number of ether oxygens (including phenoxy) is 2. The molecule has 0 heterocycles. The van der Waals surface area contributed by atoms with Crippen molar-refractivity contribution < 1.29 is 9.47 Å². The molecule has 1 unspecified atom stereocenters. The lowest BCUT2D eigenvalue weighted by molar-refractivity contribution is 0.402. The number of rotatable bonds is 5. The van der Waals surface area contributed by atoms with Crippen molar-refractivity contribution in [2.24, 2.45) is 5.73 Å². The monoisotopic (exact) mass is 224 g/mol. The van der Waals surface area contributed by atoms with Crippen molar-refractivity contribution >= 4 is 5.69 Å². The average Bonchev–Trinajstić information content (AvgIpc) is 2.35. The van der Waals surface area contributed by atoms with Crippen LogP contribution in [0.15, 0.2) is 18.2 Å². The van der Waals surface area contributed by atoms with Crippen LogP contribution in [0.25, 0.3) is 0 Å². The summed E-state index contributed by atoms with van der Waals surface area (Å²) in [6.45, 7) is 2.05. The van der Waals surface area contributed by atoms with E-state index in [-0.39, 0.29) is 6.17 Å². The van der Waals surface area contributed by atoms with Crippen molar-refractivity contribution in [2.75, 3.05) is 26.2 Å². The lowest BCUT2D eigenvalue weighted by Crippen LogP contribution is -2.38. The second kappa shape index (κ2) is 5.61. The molecule has 0 aliphatic heterocycles. The van der Waals surface area contributed by atoms with Gasteiger partial charge in [0.2, 0.25) is 0 Å². The van der Waals surface area contributed by atoms with E-state index in [0.717, 1.165) is 23.6 Å². The molecule has 4 heteroatoms. The number of hydrogen-bond acceptors (Lipinski definition) is 4. The predicted octanol–water partition coefficient (Wildman–Crippen LogP) is 1.83. The van der Waals surface area contributed by atoms with E-state index < -0.39 is 0 Å². The van der Waals surface area contributed by atoms with Gasteiger partial charge in [-0.05, 0) is 18.6 Å². The summed E-state index contributed by atoms with van der Waals surface area (Å²) in [5, 5.41) is 0. The number of nitrogens with two attached hydrogens (primary N) is 1. The van der Waals surface area contributed by atoms with Crippen LogP contribution in [-0.4, -0.2) is 27.4 Å². The van der Waals surface area contributed by atoms with Crippen molar-refractivity contribution in [3.63, 3.8) is 0 Å². The minimum atomic E-state index is -0.0268. The third-order valence-electron chi connectivity index (χ3n) is 2.68. The van der Waals surface area contributed by atoms with Crippen LogP contribution in [0, 0.1) is 0 Å². The van der Waals surface area contributed by atoms with E-state index in [4.69, 9.17) is 15.2 Å². The Balaban J connectivity index is 3.07. The molecule has 0 aromatic heterocycles. The second-order valence-corrected chi connectivity index (χ2v) is 3.62. The number of methoxy groups -OCH3 is 2. The molecule has 1 rings (SSSR count). The molecule has 0 bridgehead atoms. The molecule has 0 fully saturated rings. The van der Waals surface area contributed by atoms with E-state index >= 15 is 0 Å². The lowest BCUT2D eigenvalue weighted by Gasteiger charge is -2.27. The fraction of sp³-hybridized carbons (Fsp3) is 0.500. The SMILES string of the molecule is CCC(N)N(C)c1cc(OC)ccc1OC. The molecule has 0 aliphatic rings. The van der Waals surface area contributed by atoms with Crippen molar-refractivity contribution in [1.82, 2.24) is 0 Å². The Labute approximate surface area is 96.9 Å². The van der Waals surface area contributed by atoms with Gasteiger partial charge in [-0.15, -0.1) is 0 Å². The van der Waals surface area contributed by atoms with Crippen LogP contribution >= 0.6 is 0 Å². The van der Waals surface area contributed by atoms with Gasteiger partial charge >= 0.3 is 0 Å². The first-order valence-electron chi connectivity index (χ1n) is 5.34. The van der Waals surface area contributed by atoms with Crippen LogP contribution in [0.2, 0.25) is 0 Å². The predicted molar refractivity (Wildman–Crippen MR) is 66.2 cm³/mol. The molecule has 1 aromatic rings. The average molecular weight is 224 g/mol. The van der Waals surface area contributed by atoms with Gasteiger partial charge in [-0.1, -0.05) is 6.92 Å². The quantitative estimate of drug-likeness (QED) is 0.775. The summed E-state index contributed by atoms with van der Waals surface area (Å²) in [5.74, 6) is 1.60. The highest BCUT2D eigenvalue weighted by molar-refractivity contribution is 5.61. The first-order chi connectivity index (χ1) is 7.63. The van der Waals surface area contributed by atoms with E-state index in [2.05, 4.69) is 0 Å². The summed E-state index contributed by atoms with van der Waals surface area (Å²) in [6.07, 6.45) is 0.845. The van der Waals surface area contributed by atoms with Crippen molar-refractivity contribution in [2.45, 2.75) is 19.5 Å². The van der Waals surface area contributed by atoms with Crippen LogP contribution in [0.4, 0.5) is 5.69 Å². The van der Waals surface area contributed by atoms with Gasteiger partial charge in [0.1, 0.15) is 11.5 Å². The first-order valence-corrected chi connectivity index (χ1v) is 5.34. The van der Waals surface area contributed by atoms with E-state index in [1.165, 1.54) is 0 Å². The molecule has 0 radical (unpaired) electrons. The zero-order valence-electron chi connectivity index (χ0n) is 10.4. The zero-order chi connectivity index (χ0) is 12.1. The Morgan fingerprint density at radius 3 is 2.50 bits per heavy atom. The number of hydrogen-bond donors (Lipinski definition) is 1. The summed E-state index contributed by atoms with van der Waals surface area (Å²) in [4.78, 5) is 1.99. The topological polar surface area (TPSA) is 47.7 Å². The van der Waals surface area contributed by atoms with E-state index in [0.29, 0.717) is 0 Å². The molecule has 16 heavy (non-hydrogen) atoms. The maximum Gasteiger partial charge on any atom is 0.142 e. The van der Waals surface area contributed by atoms with Gasteiger partial charge < -0.3 is 20.1 Å². The van der Waals surface area contributed by atoms with E-state index in [1.54, 1.807) is 14.2 Å². The molecule has 0 aliphatic carbocycles. The molecule has 1 aromatic carbocycles. The molecule has 0 spiro atoms. The number of nitrogens with zero attached hydrogens (tertiary/aromatic N) is 1. The lowest BCUT2D eigenvalue weighted by atomic mass is 10.2. The van der Waals surface area contributed by atoms with Crippen molar-refractivity contribution in [3.8, 4) is 11.5 Å². The molecule has 4 nitrogen and oxygen atoms in total. The summed E-state index contributed by atoms with van der Waals surface area (Å²) >= 11 is 0. The molecular formula is C12H20N2O2.